The molecule has 0 N–H and O–H groups in total. The largest absolute Gasteiger partial charge is 0.494 e. The van der Waals surface area contributed by atoms with Crippen molar-refractivity contribution in [3.8, 4) is 5.75 Å². The van der Waals surface area contributed by atoms with Gasteiger partial charge in [-0.15, -0.1) is 0 Å². The van der Waals surface area contributed by atoms with Gasteiger partial charge >= 0.3 is 0 Å². The van der Waals surface area contributed by atoms with Gasteiger partial charge in [-0.3, -0.25) is 0 Å². The van der Waals surface area contributed by atoms with E-state index in [4.69, 9.17) is 4.74 Å². The van der Waals surface area contributed by atoms with Crippen LogP contribution < -0.4 is 4.74 Å². The van der Waals surface area contributed by atoms with Gasteiger partial charge in [-0.1, -0.05) is 50.2 Å². The topological polar surface area (TPSA) is 9.23 Å². The van der Waals surface area contributed by atoms with E-state index in [1.54, 1.807) is 0 Å². The number of rotatable bonds is 5. The summed E-state index contributed by atoms with van der Waals surface area (Å²) in [4.78, 5) is 0. The molecule has 0 aliphatic rings. The van der Waals surface area contributed by atoms with E-state index in [1.807, 2.05) is 19.1 Å². The highest BCUT2D eigenvalue weighted by Crippen LogP contribution is 2.19. The number of hydrogen-bond donors (Lipinski definition) is 0. The van der Waals surface area contributed by atoms with Gasteiger partial charge < -0.3 is 4.74 Å². The lowest BCUT2D eigenvalue weighted by molar-refractivity contribution is 0.340. The number of ether oxygens (including phenoxy) is 1. The first-order chi connectivity index (χ1) is 9.19. The molecule has 2 rings (SSSR count). The molecule has 1 nitrogen and oxygen atoms in total. The van der Waals surface area contributed by atoms with E-state index in [0.29, 0.717) is 5.92 Å². The molecule has 100 valence electrons. The van der Waals surface area contributed by atoms with Crippen LogP contribution in [0.1, 0.15) is 43.4 Å². The number of hydrogen-bond acceptors (Lipinski definition) is 1. The molecular weight excluding hydrogens is 232 g/mol. The Balaban J connectivity index is 2.10. The maximum Gasteiger partial charge on any atom is 0.119 e. The highest BCUT2D eigenvalue weighted by Gasteiger charge is 2.02. The second-order valence-corrected chi connectivity index (χ2v) is 5.15. The van der Waals surface area contributed by atoms with Gasteiger partial charge in [0, 0.05) is 0 Å². The average Bonchev–Trinajstić information content (AvgIpc) is 2.42. The van der Waals surface area contributed by atoms with Crippen molar-refractivity contribution in [2.75, 3.05) is 6.61 Å². The van der Waals surface area contributed by atoms with Gasteiger partial charge in [-0.05, 0) is 48.1 Å². The molecule has 0 unspecified atom stereocenters. The van der Waals surface area contributed by atoms with Gasteiger partial charge in [-0.2, -0.15) is 0 Å². The van der Waals surface area contributed by atoms with E-state index in [2.05, 4.69) is 50.2 Å². The van der Waals surface area contributed by atoms with Crippen molar-refractivity contribution in [2.24, 2.45) is 0 Å². The molecule has 0 spiro atoms. The first kappa shape index (κ1) is 13.7. The predicted molar refractivity (Wildman–Crippen MR) is 80.9 cm³/mol. The second-order valence-electron chi connectivity index (χ2n) is 5.15. The summed E-state index contributed by atoms with van der Waals surface area (Å²) < 4.78 is 5.46. The van der Waals surface area contributed by atoms with Crippen LogP contribution in [0, 0.1) is 0 Å². The van der Waals surface area contributed by atoms with Gasteiger partial charge in [-0.25, -0.2) is 0 Å². The van der Waals surface area contributed by atoms with E-state index in [9.17, 15) is 0 Å². The molecule has 2 aromatic rings. The lowest BCUT2D eigenvalue weighted by Crippen LogP contribution is -1.94. The highest BCUT2D eigenvalue weighted by atomic mass is 16.5. The van der Waals surface area contributed by atoms with Gasteiger partial charge in [0.25, 0.3) is 0 Å². The van der Waals surface area contributed by atoms with Crippen LogP contribution in [0.3, 0.4) is 0 Å². The van der Waals surface area contributed by atoms with Gasteiger partial charge in [0.15, 0.2) is 0 Å². The highest BCUT2D eigenvalue weighted by molar-refractivity contribution is 5.33. The maximum absolute atomic E-state index is 5.46. The Morgan fingerprint density at radius 1 is 0.947 bits per heavy atom. The first-order valence-electron chi connectivity index (χ1n) is 6.99. The minimum Gasteiger partial charge on any atom is -0.494 e. The minimum atomic E-state index is 0.584. The molecule has 0 heterocycles. The molecule has 19 heavy (non-hydrogen) atoms. The molecule has 0 saturated carbocycles. The molecule has 0 amide bonds. The monoisotopic (exact) mass is 254 g/mol. The molecule has 2 aromatic carbocycles. The van der Waals surface area contributed by atoms with Gasteiger partial charge in [0.1, 0.15) is 5.75 Å². The van der Waals surface area contributed by atoms with Crippen LogP contribution in [-0.2, 0) is 6.42 Å². The van der Waals surface area contributed by atoms with E-state index >= 15 is 0 Å². The molecule has 0 aliphatic carbocycles. The molecule has 0 atom stereocenters. The molecule has 0 radical (unpaired) electrons. The van der Waals surface area contributed by atoms with Crippen LogP contribution in [-0.4, -0.2) is 6.61 Å². The van der Waals surface area contributed by atoms with Crippen LogP contribution in [0.4, 0.5) is 0 Å². The number of benzene rings is 2. The van der Waals surface area contributed by atoms with Crippen LogP contribution in [0.15, 0.2) is 48.5 Å². The minimum absolute atomic E-state index is 0.584. The van der Waals surface area contributed by atoms with Crippen LogP contribution in [0.25, 0.3) is 0 Å². The SMILES string of the molecule is CCOc1ccc(Cc2cccc(C(C)C)c2)cc1. The summed E-state index contributed by atoms with van der Waals surface area (Å²) in [6.07, 6.45) is 0.979. The Bertz CT molecular complexity index is 511. The fourth-order valence-electron chi connectivity index (χ4n) is 2.17. The zero-order chi connectivity index (χ0) is 13.7. The maximum atomic E-state index is 5.46. The van der Waals surface area contributed by atoms with Crippen molar-refractivity contribution < 1.29 is 4.74 Å². The standard InChI is InChI=1S/C18H22O/c1-4-19-18-10-8-15(9-11-18)12-16-6-5-7-17(13-16)14(2)3/h5-11,13-14H,4,12H2,1-3H3. The third kappa shape index (κ3) is 3.85. The Labute approximate surface area is 116 Å². The summed E-state index contributed by atoms with van der Waals surface area (Å²) in [5.74, 6) is 1.53. The predicted octanol–water partition coefficient (Wildman–Crippen LogP) is 4.80. The summed E-state index contributed by atoms with van der Waals surface area (Å²) in [6.45, 7) is 7.19. The quantitative estimate of drug-likeness (QED) is 0.744. The summed E-state index contributed by atoms with van der Waals surface area (Å²) in [5.41, 5.74) is 4.10. The Morgan fingerprint density at radius 3 is 2.32 bits per heavy atom. The summed E-state index contributed by atoms with van der Waals surface area (Å²) in [6, 6.07) is 17.2. The Hall–Kier alpha value is -1.76. The van der Waals surface area contributed by atoms with Gasteiger partial charge in [0.05, 0.1) is 6.61 Å². The van der Waals surface area contributed by atoms with E-state index < -0.39 is 0 Å². The third-order valence-corrected chi connectivity index (χ3v) is 3.26. The molecule has 0 bridgehead atoms. The van der Waals surface area contributed by atoms with Crippen LogP contribution in [0.5, 0.6) is 5.75 Å². The third-order valence-electron chi connectivity index (χ3n) is 3.26. The van der Waals surface area contributed by atoms with E-state index in [1.165, 1.54) is 16.7 Å². The van der Waals surface area contributed by atoms with Gasteiger partial charge in [0.2, 0.25) is 0 Å². The van der Waals surface area contributed by atoms with Crippen molar-refractivity contribution in [1.29, 1.82) is 0 Å². The van der Waals surface area contributed by atoms with Crippen molar-refractivity contribution in [2.45, 2.75) is 33.1 Å². The average molecular weight is 254 g/mol. The van der Waals surface area contributed by atoms with E-state index in [0.717, 1.165) is 18.8 Å². The van der Waals surface area contributed by atoms with Crippen molar-refractivity contribution in [1.82, 2.24) is 0 Å². The van der Waals surface area contributed by atoms with Crippen molar-refractivity contribution >= 4 is 0 Å². The van der Waals surface area contributed by atoms with Crippen LogP contribution >= 0.6 is 0 Å². The zero-order valence-corrected chi connectivity index (χ0v) is 12.0. The van der Waals surface area contributed by atoms with Crippen LogP contribution in [0.2, 0.25) is 0 Å². The summed E-state index contributed by atoms with van der Waals surface area (Å²) in [5, 5.41) is 0. The first-order valence-corrected chi connectivity index (χ1v) is 6.99. The second kappa shape index (κ2) is 6.42. The molecule has 0 aromatic heterocycles. The Morgan fingerprint density at radius 2 is 1.68 bits per heavy atom. The molecule has 1 heteroatoms. The lowest BCUT2D eigenvalue weighted by atomic mass is 9.98. The fourth-order valence-corrected chi connectivity index (χ4v) is 2.17. The zero-order valence-electron chi connectivity index (χ0n) is 12.0. The summed E-state index contributed by atoms with van der Waals surface area (Å²) >= 11 is 0. The molecule has 0 aliphatic heterocycles. The normalized spacial score (nSPS) is 10.7. The molecular formula is C18H22O. The summed E-state index contributed by atoms with van der Waals surface area (Å²) in [7, 11) is 0. The van der Waals surface area contributed by atoms with E-state index in [-0.39, 0.29) is 0 Å². The van der Waals surface area contributed by atoms with Crippen molar-refractivity contribution in [3.05, 3.63) is 65.2 Å². The molecule has 0 saturated heterocycles. The molecule has 0 fully saturated rings. The Kier molecular flexibility index (Phi) is 4.62. The lowest BCUT2D eigenvalue weighted by Gasteiger charge is -2.09. The van der Waals surface area contributed by atoms with Crippen molar-refractivity contribution in [3.63, 3.8) is 0 Å². The fraction of sp³-hybridized carbons (Fsp3) is 0.333. The smallest absolute Gasteiger partial charge is 0.119 e.